The van der Waals surface area contributed by atoms with Crippen LogP contribution in [0.25, 0.3) is 0 Å². The molecule has 11 heteroatoms. The van der Waals surface area contributed by atoms with Crippen LogP contribution in [0.15, 0.2) is 72.9 Å². The predicted octanol–water partition coefficient (Wildman–Crippen LogP) is 18.3. The third-order valence-electron chi connectivity index (χ3n) is 16.6. The molecule has 8 atom stereocenters. The van der Waals surface area contributed by atoms with Gasteiger partial charge in [-0.1, -0.05) is 293 Å². The number of nitrogens with one attached hydrogen (secondary N) is 1. The second kappa shape index (κ2) is 61.3. The molecule has 8 unspecified atom stereocenters. The highest BCUT2D eigenvalue weighted by molar-refractivity contribution is 5.80. The molecule has 1 rings (SSSR count). The molecule has 0 radical (unpaired) electrons. The van der Waals surface area contributed by atoms with Gasteiger partial charge >= 0.3 is 5.97 Å². The van der Waals surface area contributed by atoms with Gasteiger partial charge < -0.3 is 45.1 Å². The fourth-order valence-electron chi connectivity index (χ4n) is 10.9. The van der Waals surface area contributed by atoms with Gasteiger partial charge in [-0.05, 0) is 96.3 Å². The van der Waals surface area contributed by atoms with Crippen molar-refractivity contribution in [1.82, 2.24) is 5.32 Å². The van der Waals surface area contributed by atoms with Gasteiger partial charge in [-0.15, -0.1) is 0 Å². The average Bonchev–Trinajstić information content (AvgIpc) is 3.22. The number of amides is 1. The topological polar surface area (TPSA) is 175 Å². The zero-order chi connectivity index (χ0) is 61.7. The van der Waals surface area contributed by atoms with Gasteiger partial charge in [0.15, 0.2) is 12.4 Å². The molecule has 0 bridgehead atoms. The third kappa shape index (κ3) is 48.7. The van der Waals surface area contributed by atoms with Crippen LogP contribution in [-0.4, -0.2) is 99.6 Å². The van der Waals surface area contributed by atoms with Gasteiger partial charge in [0, 0.05) is 6.42 Å². The summed E-state index contributed by atoms with van der Waals surface area (Å²) in [4.78, 5) is 26.7. The Kier molecular flexibility index (Phi) is 57.8. The molecule has 85 heavy (non-hydrogen) atoms. The lowest BCUT2D eigenvalue weighted by molar-refractivity contribution is -0.305. The summed E-state index contributed by atoms with van der Waals surface area (Å²) < 4.78 is 17.7. The average molecular weight is 1200 g/mol. The minimum atomic E-state index is -1.62. The predicted molar refractivity (Wildman–Crippen MR) is 356 cm³/mol. The molecule has 1 fully saturated rings. The summed E-state index contributed by atoms with van der Waals surface area (Å²) >= 11 is 0. The molecule has 0 aromatic heterocycles. The third-order valence-corrected chi connectivity index (χ3v) is 16.6. The molecule has 1 amide bonds. The molecule has 1 aliphatic rings. The summed E-state index contributed by atoms with van der Waals surface area (Å²) in [6.45, 7) is 5.79. The van der Waals surface area contributed by atoms with E-state index in [0.29, 0.717) is 12.8 Å². The molecular weight excluding hydrogens is 1060 g/mol. The number of carbonyl (C=O) groups excluding carboxylic acids is 2. The summed E-state index contributed by atoms with van der Waals surface area (Å²) in [7, 11) is 0. The number of hydrogen-bond acceptors (Lipinski definition) is 10. The Bertz CT molecular complexity index is 1660. The SMILES string of the molecule is CCCCC/C=C\C/C=C\C/C=C\C/C=C\CCCCCCCCCCCCC(O)C(=O)NC(COC1OC(CO)C(O)C(O)C1OC(=O)CCCCCCCCC/C=C/CCCCCCCC)C(O)/C=C/CCCCCCCCCCCCC. The number of aliphatic hydroxyl groups excluding tert-OH is 5. The molecule has 0 aliphatic carbocycles. The molecule has 1 heterocycles. The van der Waals surface area contributed by atoms with Crippen LogP contribution in [0.5, 0.6) is 0 Å². The van der Waals surface area contributed by atoms with E-state index in [9.17, 15) is 35.1 Å². The highest BCUT2D eigenvalue weighted by atomic mass is 16.7. The van der Waals surface area contributed by atoms with Crippen LogP contribution < -0.4 is 5.32 Å². The maximum atomic E-state index is 13.5. The molecule has 1 aliphatic heterocycles. The first-order chi connectivity index (χ1) is 41.7. The Hall–Kier alpha value is -2.90. The van der Waals surface area contributed by atoms with Gasteiger partial charge in [-0.2, -0.15) is 0 Å². The van der Waals surface area contributed by atoms with E-state index in [2.05, 4.69) is 86.8 Å². The lowest BCUT2D eigenvalue weighted by Gasteiger charge is -2.41. The minimum Gasteiger partial charge on any atom is -0.454 e. The number of aliphatic hydroxyl groups is 5. The Morgan fingerprint density at radius 1 is 0.459 bits per heavy atom. The number of allylic oxidation sites excluding steroid dienone is 11. The van der Waals surface area contributed by atoms with Crippen molar-refractivity contribution in [2.75, 3.05) is 13.2 Å². The molecule has 0 aromatic carbocycles. The maximum Gasteiger partial charge on any atom is 0.306 e. The number of unbranched alkanes of at least 4 members (excludes halogenated alkanes) is 37. The molecular formula is C74H133NO10. The second-order valence-corrected chi connectivity index (χ2v) is 24.6. The number of carbonyl (C=O) groups is 2. The van der Waals surface area contributed by atoms with E-state index in [1.807, 2.05) is 6.08 Å². The number of hydrogen-bond donors (Lipinski definition) is 6. The van der Waals surface area contributed by atoms with E-state index in [-0.39, 0.29) is 19.4 Å². The quantitative estimate of drug-likeness (QED) is 0.0195. The zero-order valence-corrected chi connectivity index (χ0v) is 55.0. The van der Waals surface area contributed by atoms with E-state index in [1.165, 1.54) is 180 Å². The monoisotopic (exact) mass is 1200 g/mol. The van der Waals surface area contributed by atoms with Gasteiger partial charge in [0.05, 0.1) is 25.4 Å². The van der Waals surface area contributed by atoms with Gasteiger partial charge in [-0.25, -0.2) is 0 Å². The summed E-state index contributed by atoms with van der Waals surface area (Å²) in [5.41, 5.74) is 0. The number of ether oxygens (including phenoxy) is 3. The van der Waals surface area contributed by atoms with E-state index < -0.39 is 67.4 Å². The lowest BCUT2D eigenvalue weighted by atomic mass is 9.99. The fourth-order valence-corrected chi connectivity index (χ4v) is 10.9. The highest BCUT2D eigenvalue weighted by Crippen LogP contribution is 2.26. The number of rotatable bonds is 61. The first kappa shape index (κ1) is 80.1. The summed E-state index contributed by atoms with van der Waals surface area (Å²) in [6.07, 6.45) is 69.3. The molecule has 11 nitrogen and oxygen atoms in total. The molecule has 494 valence electrons. The Labute approximate surface area is 521 Å². The van der Waals surface area contributed by atoms with Gasteiger partial charge in [0.1, 0.15) is 24.4 Å². The van der Waals surface area contributed by atoms with Crippen LogP contribution in [0.2, 0.25) is 0 Å². The first-order valence-electron chi connectivity index (χ1n) is 35.7. The molecule has 1 saturated heterocycles. The summed E-state index contributed by atoms with van der Waals surface area (Å²) in [5, 5.41) is 57.2. The molecule has 0 aromatic rings. The Morgan fingerprint density at radius 2 is 0.812 bits per heavy atom. The van der Waals surface area contributed by atoms with Crippen LogP contribution in [-0.2, 0) is 23.8 Å². The van der Waals surface area contributed by atoms with Crippen LogP contribution in [0, 0.1) is 0 Å². The number of esters is 1. The second-order valence-electron chi connectivity index (χ2n) is 24.6. The maximum absolute atomic E-state index is 13.5. The zero-order valence-electron chi connectivity index (χ0n) is 55.0. The van der Waals surface area contributed by atoms with E-state index in [1.54, 1.807) is 6.08 Å². The van der Waals surface area contributed by atoms with Crippen molar-refractivity contribution in [1.29, 1.82) is 0 Å². The minimum absolute atomic E-state index is 0.118. The van der Waals surface area contributed by atoms with E-state index in [4.69, 9.17) is 14.2 Å². The molecule has 0 spiro atoms. The first-order valence-corrected chi connectivity index (χ1v) is 35.7. The van der Waals surface area contributed by atoms with Crippen LogP contribution in [0.4, 0.5) is 0 Å². The van der Waals surface area contributed by atoms with Crippen molar-refractivity contribution >= 4 is 11.9 Å². The van der Waals surface area contributed by atoms with Gasteiger partial charge in [0.25, 0.3) is 0 Å². The lowest BCUT2D eigenvalue weighted by Crippen LogP contribution is -2.61. The normalized spacial score (nSPS) is 18.8. The van der Waals surface area contributed by atoms with Gasteiger partial charge in [0.2, 0.25) is 5.91 Å². The van der Waals surface area contributed by atoms with Crippen molar-refractivity contribution in [3.05, 3.63) is 72.9 Å². The van der Waals surface area contributed by atoms with E-state index >= 15 is 0 Å². The van der Waals surface area contributed by atoms with Gasteiger partial charge in [-0.3, -0.25) is 9.59 Å². The molecule has 6 N–H and O–H groups in total. The van der Waals surface area contributed by atoms with Crippen molar-refractivity contribution in [3.8, 4) is 0 Å². The fraction of sp³-hybridized carbons (Fsp3) is 0.811. The summed E-state index contributed by atoms with van der Waals surface area (Å²) in [5.74, 6) is -1.20. The van der Waals surface area contributed by atoms with E-state index in [0.717, 1.165) is 96.3 Å². The molecule has 0 saturated carbocycles. The van der Waals surface area contributed by atoms with Crippen molar-refractivity contribution in [2.24, 2.45) is 0 Å². The van der Waals surface area contributed by atoms with Crippen molar-refractivity contribution in [3.63, 3.8) is 0 Å². The Morgan fingerprint density at radius 3 is 1.25 bits per heavy atom. The standard InChI is InChI=1S/C74H133NO10/c1-4-7-10-13-16-19-22-25-27-29-30-31-32-33-34-35-36-37-39-40-43-46-49-52-55-58-61-67(78)73(82)75-65(66(77)60-57-54-51-48-45-42-24-21-18-15-12-9-6-3)64-83-74-72(71(81)70(80)68(63-76)84-74)85-69(79)62-59-56-53-50-47-44-41-38-28-26-23-20-17-14-11-8-5-2/h16,19,25-28,30-31,33-34,57,60,65-68,70-72,74,76-78,80-81H,4-15,17-18,20-24,29,32,35-56,58-59,61-64H2,1-3H3,(H,75,82)/b19-16-,27-25-,28-26+,31-30-,34-33-,60-57+. The highest BCUT2D eigenvalue weighted by Gasteiger charge is 2.47. The van der Waals surface area contributed by atoms with Crippen LogP contribution in [0.3, 0.4) is 0 Å². The van der Waals surface area contributed by atoms with Crippen molar-refractivity contribution in [2.45, 2.75) is 372 Å². The van der Waals surface area contributed by atoms with Crippen LogP contribution >= 0.6 is 0 Å². The smallest absolute Gasteiger partial charge is 0.306 e. The Balaban J connectivity index is 2.59. The summed E-state index contributed by atoms with van der Waals surface area (Å²) in [6, 6.07) is -1.03. The van der Waals surface area contributed by atoms with Crippen molar-refractivity contribution < 1.29 is 49.3 Å². The van der Waals surface area contributed by atoms with Crippen LogP contribution in [0.1, 0.15) is 323 Å². The largest absolute Gasteiger partial charge is 0.454 e.